The van der Waals surface area contributed by atoms with Crippen molar-refractivity contribution in [2.75, 3.05) is 54.3 Å². The number of nitrogens with zero attached hydrogens (tertiary/aromatic N) is 6. The Bertz CT molecular complexity index is 5110. The van der Waals surface area contributed by atoms with E-state index in [0.717, 1.165) is 101 Å². The molecule has 4 aliphatic carbocycles. The van der Waals surface area contributed by atoms with Crippen LogP contribution in [0.1, 0.15) is 261 Å². The summed E-state index contributed by atoms with van der Waals surface area (Å²) < 4.78 is 13.9. The number of benzene rings is 3. The Morgan fingerprint density at radius 3 is 1.14 bits per heavy atom. The molecule has 0 spiro atoms. The van der Waals surface area contributed by atoms with Gasteiger partial charge in [0.25, 0.3) is 29.2 Å². The standard InChI is InChI=1S/C22H24ClN5O3S.C21H26ClN5O3S.C17H26ClN3O3S.C14H25NO4.C9H10N2O3.C3H3ClN2S.CH4/c1-24-19(29)14-7-8-15-16(10-14)26-12-28(21(15)31)17(9-13-5-3-2-4-6-13)20(30)27-22-25-11-18(23)32-22;1-24-18(28)13-7-8-14(15(23)10-13)19(29)26-16(9-12-5-3-2-4-6-12)20(30)27-21-25-11-17(22)31-21;1-17(2,3)24-16(23)20-12(9-11-7-5-4-6-8-11)14(22)21-15-19-10-13(18)25-15;1-14(2,3)19-13(18)15-11(12(16)17)9-10-7-5-4-6-8-10;1-11-8(12)5-2-3-6(9(13)14)7(10)4-5;4-2-1-6-3(5)7-2;/h7-8,10-13,17H,2-6,9H2,1H3,(H,24,29)(H,25,27,30);7-8,10-12,16H,2-6,9,23H2,1H3,(H,24,28)(H,26,29)(H,25,27,30);10-12H,4-9H2,1-3H3,(H,20,23)(H,19,21,22);10-11H,4-9H2,1-3H3,(H,15,18)(H,16,17);2-4H,10H2,1H3,(H,11,12)(H,13,14);1H,(H2,5,6);1H4. The molecule has 42 heteroatoms. The van der Waals surface area contributed by atoms with Gasteiger partial charge in [-0.1, -0.05) is 228 Å². The highest BCUT2D eigenvalue weighted by Gasteiger charge is 2.34. The van der Waals surface area contributed by atoms with Crippen LogP contribution < -0.4 is 70.6 Å². The maximum absolute atomic E-state index is 13.3. The molecule has 4 aliphatic rings. The number of carboxylic acids is 2. The molecule has 4 unspecified atom stereocenters. The van der Waals surface area contributed by atoms with Crippen LogP contribution in [-0.4, -0.2) is 156 Å². The fourth-order valence-electron chi connectivity index (χ4n) is 14.7. The smallest absolute Gasteiger partial charge is 0.408 e. The summed E-state index contributed by atoms with van der Waals surface area (Å²) >= 11 is 27.9. The number of anilines is 6. The molecule has 12 rings (SSSR count). The van der Waals surface area contributed by atoms with Gasteiger partial charge in [-0.15, -0.1) is 0 Å². The van der Waals surface area contributed by atoms with E-state index in [2.05, 4.69) is 72.8 Å². The lowest BCUT2D eigenvalue weighted by molar-refractivity contribution is -0.140. The highest BCUT2D eigenvalue weighted by atomic mass is 35.5. The fraction of sp³-hybridized carbons (Fsp3) is 0.506. The van der Waals surface area contributed by atoms with Crippen LogP contribution in [0.4, 0.5) is 41.5 Å². The van der Waals surface area contributed by atoms with Crippen LogP contribution in [0.3, 0.4) is 0 Å². The number of hydrogen-bond donors (Lipinski definition) is 14. The molecule has 8 aromatic rings. The van der Waals surface area contributed by atoms with Crippen molar-refractivity contribution in [3.63, 3.8) is 0 Å². The molecule has 704 valence electrons. The lowest BCUT2D eigenvalue weighted by Crippen LogP contribution is -2.46. The number of nitrogens with two attached hydrogens (primary N) is 3. The molecular weight excluding hydrogens is 1820 g/mol. The van der Waals surface area contributed by atoms with Crippen LogP contribution in [0, 0.1) is 23.7 Å². The first-order valence-corrected chi connectivity index (χ1v) is 46.8. The van der Waals surface area contributed by atoms with E-state index in [1.165, 1.54) is 159 Å². The largest absolute Gasteiger partial charge is 0.480 e. The van der Waals surface area contributed by atoms with Gasteiger partial charge in [0.05, 0.1) is 53.1 Å². The van der Waals surface area contributed by atoms with Gasteiger partial charge in [-0.2, -0.15) is 0 Å². The molecule has 0 radical (unpaired) electrons. The summed E-state index contributed by atoms with van der Waals surface area (Å²) in [6.45, 7) is 10.6. The summed E-state index contributed by atoms with van der Waals surface area (Å²) in [5, 5.41) is 43.7. The number of alkyl carbamates (subject to hydrolysis) is 2. The molecule has 34 nitrogen and oxygen atoms in total. The number of thiazole rings is 4. The number of nitrogen functional groups attached to an aromatic ring is 3. The van der Waals surface area contributed by atoms with E-state index in [9.17, 15) is 62.6 Å². The highest BCUT2D eigenvalue weighted by Crippen LogP contribution is 2.35. The van der Waals surface area contributed by atoms with E-state index in [4.69, 9.17) is 78.2 Å². The molecule has 5 aromatic heterocycles. The first-order chi connectivity index (χ1) is 60.7. The minimum absolute atomic E-state index is 0. The number of aliphatic carboxylic acids is 1. The number of halogens is 4. The second-order valence-corrected chi connectivity index (χ2v) is 39.6. The maximum Gasteiger partial charge on any atom is 0.408 e. The van der Waals surface area contributed by atoms with Gasteiger partial charge in [-0.3, -0.25) is 42.9 Å². The van der Waals surface area contributed by atoms with E-state index in [-0.39, 0.29) is 70.9 Å². The highest BCUT2D eigenvalue weighted by molar-refractivity contribution is 7.20. The van der Waals surface area contributed by atoms with Gasteiger partial charge >= 0.3 is 24.1 Å². The summed E-state index contributed by atoms with van der Waals surface area (Å²) in [6, 6.07) is 10.3. The number of aromatic carboxylic acids is 1. The van der Waals surface area contributed by atoms with Crippen LogP contribution in [0.2, 0.25) is 17.3 Å². The zero-order valence-corrected chi connectivity index (χ0v) is 79.1. The molecule has 4 saturated carbocycles. The van der Waals surface area contributed by atoms with E-state index < -0.39 is 65.4 Å². The second-order valence-electron chi connectivity index (χ2n) is 33.0. The van der Waals surface area contributed by atoms with E-state index in [1.54, 1.807) is 66.8 Å². The summed E-state index contributed by atoms with van der Waals surface area (Å²) in [5.41, 5.74) is 17.1. The molecule has 4 atom stereocenters. The van der Waals surface area contributed by atoms with Gasteiger partial charge in [0.1, 0.15) is 52.7 Å². The molecule has 129 heavy (non-hydrogen) atoms. The first-order valence-electron chi connectivity index (χ1n) is 42.0. The van der Waals surface area contributed by atoms with E-state index >= 15 is 0 Å². The number of carbonyl (C=O) groups excluding carboxylic acids is 9. The third-order valence-corrected chi connectivity index (χ3v) is 24.9. The molecule has 0 aliphatic heterocycles. The van der Waals surface area contributed by atoms with Gasteiger partial charge in [0.2, 0.25) is 17.7 Å². The Hall–Kier alpha value is -10.4. The van der Waals surface area contributed by atoms with Crippen molar-refractivity contribution in [3.05, 3.63) is 141 Å². The summed E-state index contributed by atoms with van der Waals surface area (Å²) in [5.74, 6) is -2.81. The lowest BCUT2D eigenvalue weighted by Gasteiger charge is -2.27. The molecule has 9 amide bonds. The van der Waals surface area contributed by atoms with Crippen molar-refractivity contribution in [2.45, 2.75) is 238 Å². The van der Waals surface area contributed by atoms with Gasteiger partial charge < -0.3 is 84.7 Å². The van der Waals surface area contributed by atoms with Crippen molar-refractivity contribution < 1.29 is 72.4 Å². The molecule has 17 N–H and O–H groups in total. The van der Waals surface area contributed by atoms with Crippen LogP contribution in [0.5, 0.6) is 0 Å². The summed E-state index contributed by atoms with van der Waals surface area (Å²) in [4.78, 5) is 166. The number of fused-ring (bicyclic) bond motifs is 1. The van der Waals surface area contributed by atoms with Crippen molar-refractivity contribution in [1.82, 2.24) is 61.4 Å². The van der Waals surface area contributed by atoms with Gasteiger partial charge in [-0.05, 0) is 145 Å². The predicted molar refractivity (Wildman–Crippen MR) is 509 cm³/mol. The monoisotopic (exact) mass is 1940 g/mol. The van der Waals surface area contributed by atoms with Crippen molar-refractivity contribution in [2.24, 2.45) is 23.7 Å². The minimum Gasteiger partial charge on any atom is -0.480 e. The molecule has 5 heterocycles. The van der Waals surface area contributed by atoms with E-state index in [0.29, 0.717) is 115 Å². The van der Waals surface area contributed by atoms with Crippen molar-refractivity contribution in [1.29, 1.82) is 0 Å². The first kappa shape index (κ1) is 107. The van der Waals surface area contributed by atoms with E-state index in [1.807, 2.05) is 0 Å². The predicted octanol–water partition coefficient (Wildman–Crippen LogP) is 17.3. The number of rotatable bonds is 24. The minimum atomic E-state index is -1.11. The lowest BCUT2D eigenvalue weighted by atomic mass is 9.84. The van der Waals surface area contributed by atoms with Crippen LogP contribution >= 0.6 is 91.8 Å². The maximum atomic E-state index is 13.3. The van der Waals surface area contributed by atoms with Crippen LogP contribution in [-0.2, 0) is 28.7 Å². The topological polar surface area (TPSA) is 519 Å². The SMILES string of the molecule is C.CC(C)(C)OC(=O)NC(CC1CCCCC1)C(=O)Nc1ncc(Cl)s1.CC(C)(C)OC(=O)NC(CC1CCCCC1)C(=O)O.CNC(=O)c1ccc(C(=O)NC(CC2CCCCC2)C(=O)Nc2ncc(Cl)s2)c(N)c1.CNC(=O)c1ccc(C(=O)O)c(N)c1.CNC(=O)c1ccc2c(=O)n(C(CC3CCCCC3)C(=O)Nc3ncc(Cl)s3)cnc2c1.Nc1ncc(Cl)s1. The number of carbonyl (C=O) groups is 11. The fourth-order valence-corrected chi connectivity index (χ4v) is 17.8. The number of ether oxygens (including phenoxy) is 2. The normalized spacial score (nSPS) is 15.0. The second kappa shape index (κ2) is 53.1. The third-order valence-electron chi connectivity index (χ3n) is 20.9. The average molecular weight is 1940 g/mol. The average Bonchev–Trinajstić information content (AvgIpc) is 1.31. The molecule has 4 fully saturated rings. The Morgan fingerprint density at radius 1 is 0.450 bits per heavy atom. The summed E-state index contributed by atoms with van der Waals surface area (Å²) in [6.07, 6.45) is 30.8. The van der Waals surface area contributed by atoms with Crippen LogP contribution in [0.15, 0.2) is 90.5 Å². The molecule has 0 saturated heterocycles. The van der Waals surface area contributed by atoms with Crippen LogP contribution in [0.25, 0.3) is 10.9 Å². The number of hydrogen-bond acceptors (Lipinski definition) is 26. The molecule has 3 aromatic carbocycles. The van der Waals surface area contributed by atoms with Crippen molar-refractivity contribution in [3.8, 4) is 0 Å². The van der Waals surface area contributed by atoms with Gasteiger partial charge in [0, 0.05) is 49.2 Å². The molecule has 0 bridgehead atoms. The third kappa shape index (κ3) is 37.2. The van der Waals surface area contributed by atoms with Gasteiger partial charge in [0.15, 0.2) is 20.5 Å². The number of amides is 9. The zero-order valence-electron chi connectivity index (χ0n) is 72.8. The number of carboxylic acid groups (broad SMARTS) is 2. The quantitative estimate of drug-likeness (QED) is 0.0250. The Kier molecular flexibility index (Phi) is 44.2. The number of nitrogens with one attached hydrogen (secondary N) is 9. The summed E-state index contributed by atoms with van der Waals surface area (Å²) in [7, 11) is 4.55. The number of aromatic nitrogens is 6. The zero-order chi connectivity index (χ0) is 94.0. The Balaban J connectivity index is 0.000000249. The molecular formula is C87H118Cl4N18O16S4. The van der Waals surface area contributed by atoms with Gasteiger partial charge in [-0.25, -0.2) is 44.1 Å². The Morgan fingerprint density at radius 2 is 0.798 bits per heavy atom. The van der Waals surface area contributed by atoms with Crippen molar-refractivity contribution >= 4 is 200 Å². The Labute approximate surface area is 786 Å².